The molecule has 0 aromatic heterocycles. The fourth-order valence-electron chi connectivity index (χ4n) is 3.60. The van der Waals surface area contributed by atoms with Crippen LogP contribution in [0, 0.1) is 0 Å². The third-order valence-electron chi connectivity index (χ3n) is 4.94. The number of rotatable bonds is 6. The smallest absolute Gasteiger partial charge is 0.251 e. The molecule has 5 nitrogen and oxygen atoms in total. The number of hydrogen-bond acceptors (Lipinski definition) is 3. The number of quaternary nitrogens is 1. The van der Waals surface area contributed by atoms with Gasteiger partial charge in [-0.3, -0.25) is 4.79 Å². The first kappa shape index (κ1) is 18.4. The topological polar surface area (TPSA) is 52.0 Å². The highest BCUT2D eigenvalue weighted by Gasteiger charge is 2.32. The van der Waals surface area contributed by atoms with Crippen molar-refractivity contribution in [3.8, 4) is 5.75 Å². The molecule has 0 radical (unpaired) electrons. The molecule has 1 fully saturated rings. The second-order valence-corrected chi connectivity index (χ2v) is 6.65. The van der Waals surface area contributed by atoms with Crippen LogP contribution < -0.4 is 15.0 Å². The van der Waals surface area contributed by atoms with Crippen LogP contribution in [0.2, 0.25) is 0 Å². The van der Waals surface area contributed by atoms with Crippen molar-refractivity contribution in [1.29, 1.82) is 0 Å². The number of carbonyl (C=O) groups excluding carboxylic acids is 1. The van der Waals surface area contributed by atoms with E-state index in [0.717, 1.165) is 32.1 Å². The van der Waals surface area contributed by atoms with Gasteiger partial charge in [0.25, 0.3) is 5.91 Å². The molecule has 3 rings (SSSR count). The second kappa shape index (κ2) is 8.83. The summed E-state index contributed by atoms with van der Waals surface area (Å²) in [6.45, 7) is 5.50. The zero-order chi connectivity index (χ0) is 18.4. The molecule has 1 heterocycles. The molecule has 2 N–H and O–H groups in total. The predicted octanol–water partition coefficient (Wildman–Crippen LogP) is 1.47. The maximum Gasteiger partial charge on any atom is 0.251 e. The molecular weight excluding hydrogens is 328 g/mol. The van der Waals surface area contributed by atoms with Crippen LogP contribution in [0.3, 0.4) is 0 Å². The lowest BCUT2D eigenvalue weighted by molar-refractivity contribution is -0.940. The normalized spacial score (nSPS) is 17.3. The lowest BCUT2D eigenvalue weighted by Gasteiger charge is -2.35. The van der Waals surface area contributed by atoms with Gasteiger partial charge >= 0.3 is 0 Å². The third kappa shape index (κ3) is 4.42. The van der Waals surface area contributed by atoms with E-state index in [1.54, 1.807) is 19.2 Å². The van der Waals surface area contributed by atoms with Crippen molar-refractivity contribution in [3.63, 3.8) is 0 Å². The Morgan fingerprint density at radius 2 is 1.73 bits per heavy atom. The van der Waals surface area contributed by atoms with Gasteiger partial charge in [0.2, 0.25) is 0 Å². The highest BCUT2D eigenvalue weighted by molar-refractivity contribution is 5.94. The molecule has 1 saturated heterocycles. The molecule has 5 heteroatoms. The molecule has 138 valence electrons. The Morgan fingerprint density at radius 1 is 1.08 bits per heavy atom. The van der Waals surface area contributed by atoms with Gasteiger partial charge in [0.05, 0.1) is 26.4 Å². The number of carbonyl (C=O) groups is 1. The van der Waals surface area contributed by atoms with Gasteiger partial charge < -0.3 is 19.7 Å². The fraction of sp³-hybridized carbons (Fsp3) is 0.381. The first-order valence-electron chi connectivity index (χ1n) is 9.11. The standard InChI is InChI=1S/C21H26N2O3/c1-16(22-21(24)18-8-10-19(25-2)11-9-18)20(17-6-4-3-5-7-17)23-12-14-26-15-13-23/h3-11,16,20H,12-15H2,1-2H3,(H,22,24)/p+1/t16-,20-/m1/s1. The van der Waals surface area contributed by atoms with E-state index in [-0.39, 0.29) is 18.0 Å². The summed E-state index contributed by atoms with van der Waals surface area (Å²) in [6.07, 6.45) is 0. The van der Waals surface area contributed by atoms with E-state index in [0.29, 0.717) is 5.56 Å². The van der Waals surface area contributed by atoms with E-state index in [4.69, 9.17) is 9.47 Å². The summed E-state index contributed by atoms with van der Waals surface area (Å²) < 4.78 is 10.7. The lowest BCUT2D eigenvalue weighted by atomic mass is 9.97. The fourth-order valence-corrected chi connectivity index (χ4v) is 3.60. The molecule has 0 unspecified atom stereocenters. The molecule has 2 aromatic rings. The minimum Gasteiger partial charge on any atom is -0.497 e. The molecule has 0 spiro atoms. The van der Waals surface area contributed by atoms with Crippen LogP contribution in [0.25, 0.3) is 0 Å². The van der Waals surface area contributed by atoms with Gasteiger partial charge in [-0.2, -0.15) is 0 Å². The molecule has 0 bridgehead atoms. The van der Waals surface area contributed by atoms with Crippen molar-refractivity contribution < 1.29 is 19.2 Å². The van der Waals surface area contributed by atoms with E-state index in [2.05, 4.69) is 36.5 Å². The molecular formula is C21H27N2O3+. The molecule has 0 aliphatic carbocycles. The minimum atomic E-state index is -0.0613. The summed E-state index contributed by atoms with van der Waals surface area (Å²) in [7, 11) is 1.62. The van der Waals surface area contributed by atoms with Gasteiger partial charge in [0.15, 0.2) is 0 Å². The summed E-state index contributed by atoms with van der Waals surface area (Å²) in [5, 5.41) is 3.19. The third-order valence-corrected chi connectivity index (χ3v) is 4.94. The van der Waals surface area contributed by atoms with E-state index in [1.165, 1.54) is 10.5 Å². The summed E-state index contributed by atoms with van der Waals surface area (Å²) in [6, 6.07) is 17.8. The summed E-state index contributed by atoms with van der Waals surface area (Å²) in [5.41, 5.74) is 1.88. The van der Waals surface area contributed by atoms with Crippen LogP contribution in [0.1, 0.15) is 28.9 Å². The number of amides is 1. The zero-order valence-corrected chi connectivity index (χ0v) is 15.4. The van der Waals surface area contributed by atoms with Gasteiger partial charge in [-0.1, -0.05) is 30.3 Å². The number of hydrogen-bond donors (Lipinski definition) is 2. The average molecular weight is 355 g/mol. The number of methoxy groups -OCH3 is 1. The monoisotopic (exact) mass is 355 g/mol. The van der Waals surface area contributed by atoms with Crippen LogP contribution in [0.4, 0.5) is 0 Å². The first-order valence-corrected chi connectivity index (χ1v) is 9.11. The molecule has 0 saturated carbocycles. The van der Waals surface area contributed by atoms with Crippen molar-refractivity contribution >= 4 is 5.91 Å². The van der Waals surface area contributed by atoms with Crippen molar-refractivity contribution in [2.75, 3.05) is 33.4 Å². The molecule has 2 atom stereocenters. The van der Waals surface area contributed by atoms with Gasteiger partial charge in [0, 0.05) is 11.1 Å². The predicted molar refractivity (Wildman–Crippen MR) is 101 cm³/mol. The molecule has 1 aliphatic rings. The van der Waals surface area contributed by atoms with Gasteiger partial charge in [0.1, 0.15) is 24.9 Å². The molecule has 2 aromatic carbocycles. The number of benzene rings is 2. The van der Waals surface area contributed by atoms with Crippen LogP contribution in [0.15, 0.2) is 54.6 Å². The van der Waals surface area contributed by atoms with Crippen molar-refractivity contribution in [2.24, 2.45) is 0 Å². The maximum atomic E-state index is 12.7. The minimum absolute atomic E-state index is 0.0000941. The van der Waals surface area contributed by atoms with Crippen molar-refractivity contribution in [3.05, 3.63) is 65.7 Å². The summed E-state index contributed by atoms with van der Waals surface area (Å²) >= 11 is 0. The first-order chi connectivity index (χ1) is 12.7. The zero-order valence-electron chi connectivity index (χ0n) is 15.4. The summed E-state index contributed by atoms with van der Waals surface area (Å²) in [5.74, 6) is 0.684. The van der Waals surface area contributed by atoms with E-state index >= 15 is 0 Å². The van der Waals surface area contributed by atoms with Crippen LogP contribution in [-0.4, -0.2) is 45.4 Å². The number of nitrogens with one attached hydrogen (secondary N) is 2. The Hall–Kier alpha value is -2.37. The van der Waals surface area contributed by atoms with Gasteiger partial charge in [-0.05, 0) is 31.2 Å². The summed E-state index contributed by atoms with van der Waals surface area (Å²) in [4.78, 5) is 14.1. The molecule has 1 amide bonds. The quantitative estimate of drug-likeness (QED) is 0.825. The Morgan fingerprint density at radius 3 is 2.35 bits per heavy atom. The maximum absolute atomic E-state index is 12.7. The van der Waals surface area contributed by atoms with E-state index in [1.807, 2.05) is 18.2 Å². The Bertz CT molecular complexity index is 697. The number of morpholine rings is 1. The molecule has 26 heavy (non-hydrogen) atoms. The Kier molecular flexibility index (Phi) is 6.26. The van der Waals surface area contributed by atoms with Crippen LogP contribution >= 0.6 is 0 Å². The second-order valence-electron chi connectivity index (χ2n) is 6.65. The van der Waals surface area contributed by atoms with Gasteiger partial charge in [-0.25, -0.2) is 0 Å². The van der Waals surface area contributed by atoms with Crippen LogP contribution in [-0.2, 0) is 4.74 Å². The highest BCUT2D eigenvalue weighted by atomic mass is 16.5. The average Bonchev–Trinajstić information content (AvgIpc) is 2.70. The van der Waals surface area contributed by atoms with Crippen molar-refractivity contribution in [1.82, 2.24) is 5.32 Å². The molecule has 1 aliphatic heterocycles. The number of ether oxygens (including phenoxy) is 2. The van der Waals surface area contributed by atoms with Gasteiger partial charge in [-0.15, -0.1) is 0 Å². The SMILES string of the molecule is COc1ccc(C(=O)N[C@H](C)[C@H](c2ccccc2)[NH+]2CCOCC2)cc1. The highest BCUT2D eigenvalue weighted by Crippen LogP contribution is 2.16. The Balaban J connectivity index is 1.75. The van der Waals surface area contributed by atoms with E-state index in [9.17, 15) is 4.79 Å². The largest absolute Gasteiger partial charge is 0.497 e. The van der Waals surface area contributed by atoms with Crippen LogP contribution in [0.5, 0.6) is 5.75 Å². The Labute approximate surface area is 154 Å². The lowest BCUT2D eigenvalue weighted by Crippen LogP contribution is -3.15. The van der Waals surface area contributed by atoms with E-state index < -0.39 is 0 Å². The van der Waals surface area contributed by atoms with Crippen molar-refractivity contribution in [2.45, 2.75) is 19.0 Å².